The van der Waals surface area contributed by atoms with Gasteiger partial charge >= 0.3 is 55.3 Å². The molecule has 0 saturated carbocycles. The van der Waals surface area contributed by atoms with E-state index >= 15 is 0 Å². The molecule has 8 heavy (non-hydrogen) atoms. The minimum absolute atomic E-state index is 0.106. The van der Waals surface area contributed by atoms with Gasteiger partial charge in [0.25, 0.3) is 0 Å². The van der Waals surface area contributed by atoms with Crippen LogP contribution >= 0.6 is 0 Å². The fraction of sp³-hybridized carbons (Fsp3) is 0.333. The van der Waals surface area contributed by atoms with Crippen LogP contribution in [0.25, 0.3) is 0 Å². The second kappa shape index (κ2) is 4.68. The molecule has 0 aliphatic carbocycles. The van der Waals surface area contributed by atoms with Gasteiger partial charge in [0.05, 0.1) is 0 Å². The summed E-state index contributed by atoms with van der Waals surface area (Å²) < 4.78 is 0. The Morgan fingerprint density at radius 1 is 1.88 bits per heavy atom. The van der Waals surface area contributed by atoms with Crippen molar-refractivity contribution < 1.29 is 0 Å². The first-order chi connectivity index (χ1) is 3.81. The Morgan fingerprint density at radius 2 is 2.50 bits per heavy atom. The summed E-state index contributed by atoms with van der Waals surface area (Å²) in [6.45, 7) is 5.39. The summed E-state index contributed by atoms with van der Waals surface area (Å²) in [5, 5.41) is 8.99. The third-order valence-corrected chi connectivity index (χ3v) is 2.14. The first-order valence-electron chi connectivity index (χ1n) is 2.17. The third kappa shape index (κ3) is 3.71. The first-order valence-corrected chi connectivity index (χ1v) is 4.24. The van der Waals surface area contributed by atoms with E-state index in [4.69, 9.17) is 5.26 Å². The molecule has 0 aliphatic heterocycles. The average Bonchev–Trinajstić information content (AvgIpc) is 1.83. The fourth-order valence-electron chi connectivity index (χ4n) is 0.192. The molecule has 0 heterocycles. The van der Waals surface area contributed by atoms with Gasteiger partial charge in [-0.2, -0.15) is 0 Å². The fourth-order valence-corrected chi connectivity index (χ4v) is 0.995. The van der Waals surface area contributed by atoms with Crippen molar-refractivity contribution in [3.63, 3.8) is 0 Å². The van der Waals surface area contributed by atoms with Crippen molar-refractivity contribution in [3.8, 4) is 4.97 Å². The zero-order valence-electron chi connectivity index (χ0n) is 4.77. The zero-order valence-corrected chi connectivity index (χ0v) is 6.48. The Morgan fingerprint density at radius 3 is 2.88 bits per heavy atom. The molecular weight excluding hydrogens is 165 g/mol. The van der Waals surface area contributed by atoms with Crippen LogP contribution in [0.15, 0.2) is 17.9 Å². The summed E-state index contributed by atoms with van der Waals surface area (Å²) in [5.74, 6) is 0. The molecule has 0 spiro atoms. The predicted molar refractivity (Wildman–Crippen MR) is 34.5 cm³/mol. The molecule has 0 N–H and O–H groups in total. The quantitative estimate of drug-likeness (QED) is 0.455. The molecule has 0 atom stereocenters. The van der Waals surface area contributed by atoms with Crippen molar-refractivity contribution >= 4 is 15.0 Å². The van der Waals surface area contributed by atoms with Crippen LogP contribution in [-0.2, 0) is 0 Å². The summed E-state index contributed by atoms with van der Waals surface area (Å²) >= 11 is 0.106. The van der Waals surface area contributed by atoms with Crippen LogP contribution < -0.4 is 0 Å². The number of rotatable bonds is 2. The molecule has 2 heteroatoms. The molecule has 0 unspecified atom stereocenters. The molecule has 0 aromatic carbocycles. The Labute approximate surface area is 55.9 Å². The van der Waals surface area contributed by atoms with Crippen LogP contribution in [0.1, 0.15) is 6.92 Å². The SMILES string of the molecule is C=C=C(C)C[Se]C#N. The van der Waals surface area contributed by atoms with Crippen LogP contribution in [0.2, 0.25) is 5.32 Å². The van der Waals surface area contributed by atoms with Gasteiger partial charge in [0.1, 0.15) is 0 Å². The van der Waals surface area contributed by atoms with Gasteiger partial charge < -0.3 is 0 Å². The Bertz CT molecular complexity index is 148. The number of nitriles is 1. The third-order valence-electron chi connectivity index (χ3n) is 0.655. The second-order valence-corrected chi connectivity index (χ2v) is 2.93. The molecule has 1 nitrogen and oxygen atoms in total. The van der Waals surface area contributed by atoms with Gasteiger partial charge in [0, 0.05) is 0 Å². The molecule has 0 aliphatic rings. The van der Waals surface area contributed by atoms with E-state index in [1.807, 2.05) is 6.92 Å². The summed E-state index contributed by atoms with van der Waals surface area (Å²) in [7, 11) is 0. The number of nitrogens with zero attached hydrogens (tertiary/aromatic N) is 1. The summed E-state index contributed by atoms with van der Waals surface area (Å²) in [6.07, 6.45) is 0. The average molecular weight is 172 g/mol. The van der Waals surface area contributed by atoms with Crippen molar-refractivity contribution in [2.45, 2.75) is 12.2 Å². The molecular formula is C6H7NSe. The monoisotopic (exact) mass is 173 g/mol. The van der Waals surface area contributed by atoms with E-state index < -0.39 is 0 Å². The van der Waals surface area contributed by atoms with Crippen LogP contribution in [-0.4, -0.2) is 15.0 Å². The van der Waals surface area contributed by atoms with E-state index in [0.717, 1.165) is 10.9 Å². The maximum atomic E-state index is 8.13. The Kier molecular flexibility index (Phi) is 4.41. The van der Waals surface area contributed by atoms with Gasteiger partial charge in [-0.1, -0.05) is 0 Å². The van der Waals surface area contributed by atoms with Crippen LogP contribution in [0.5, 0.6) is 0 Å². The molecule has 0 aromatic heterocycles. The van der Waals surface area contributed by atoms with Gasteiger partial charge in [-0.15, -0.1) is 0 Å². The van der Waals surface area contributed by atoms with E-state index in [1.54, 1.807) is 0 Å². The van der Waals surface area contributed by atoms with E-state index in [-0.39, 0.29) is 15.0 Å². The number of hydrogen-bond donors (Lipinski definition) is 0. The van der Waals surface area contributed by atoms with E-state index in [1.165, 1.54) is 0 Å². The molecule has 0 bridgehead atoms. The summed E-state index contributed by atoms with van der Waals surface area (Å²) in [4.78, 5) is 2.11. The van der Waals surface area contributed by atoms with Crippen molar-refractivity contribution in [3.05, 3.63) is 17.9 Å². The Balaban J connectivity index is 3.44. The van der Waals surface area contributed by atoms with Crippen LogP contribution in [0, 0.1) is 10.2 Å². The molecule has 42 valence electrons. The van der Waals surface area contributed by atoms with Gasteiger partial charge in [-0.05, 0) is 0 Å². The van der Waals surface area contributed by atoms with Gasteiger partial charge in [0.15, 0.2) is 0 Å². The Hall–Kier alpha value is -0.471. The summed E-state index contributed by atoms with van der Waals surface area (Å²) in [6, 6.07) is 0. The van der Waals surface area contributed by atoms with Crippen molar-refractivity contribution in [2.24, 2.45) is 0 Å². The molecule has 0 aromatic rings. The van der Waals surface area contributed by atoms with E-state index in [9.17, 15) is 0 Å². The van der Waals surface area contributed by atoms with Crippen molar-refractivity contribution in [2.75, 3.05) is 0 Å². The van der Waals surface area contributed by atoms with Crippen LogP contribution in [0.3, 0.4) is 0 Å². The number of allylic oxidation sites excluding steroid dienone is 1. The zero-order chi connectivity index (χ0) is 6.41. The predicted octanol–water partition coefficient (Wildman–Crippen LogP) is 1.32. The van der Waals surface area contributed by atoms with Gasteiger partial charge in [0.2, 0.25) is 0 Å². The molecule has 0 saturated heterocycles. The second-order valence-electron chi connectivity index (χ2n) is 1.34. The van der Waals surface area contributed by atoms with E-state index in [0.29, 0.717) is 0 Å². The van der Waals surface area contributed by atoms with E-state index in [2.05, 4.69) is 17.3 Å². The molecule has 0 rings (SSSR count). The molecule has 0 radical (unpaired) electrons. The van der Waals surface area contributed by atoms with Crippen molar-refractivity contribution in [1.82, 2.24) is 0 Å². The number of hydrogen-bond acceptors (Lipinski definition) is 1. The van der Waals surface area contributed by atoms with Crippen LogP contribution in [0.4, 0.5) is 0 Å². The normalized spacial score (nSPS) is 7.00. The molecule has 0 fully saturated rings. The summed E-state index contributed by atoms with van der Waals surface area (Å²) in [5.41, 5.74) is 3.82. The maximum absolute atomic E-state index is 8.13. The van der Waals surface area contributed by atoms with Gasteiger partial charge in [-0.3, -0.25) is 0 Å². The van der Waals surface area contributed by atoms with Gasteiger partial charge in [-0.25, -0.2) is 0 Å². The molecule has 0 amide bonds. The minimum atomic E-state index is 0.106. The topological polar surface area (TPSA) is 23.8 Å². The first kappa shape index (κ1) is 7.53. The standard InChI is InChI=1S/C6H7NSe/c1-3-6(2)4-8-5-7/h1,4H2,2H3. The van der Waals surface area contributed by atoms with Crippen molar-refractivity contribution in [1.29, 1.82) is 5.26 Å².